The van der Waals surface area contributed by atoms with Gasteiger partial charge in [-0.05, 0) is 6.92 Å². The van der Waals surface area contributed by atoms with Gasteiger partial charge in [-0.25, -0.2) is 4.98 Å². The van der Waals surface area contributed by atoms with Gasteiger partial charge >= 0.3 is 6.18 Å². The number of amides is 1. The van der Waals surface area contributed by atoms with E-state index in [9.17, 15) is 38.2 Å². The average molecular weight is 376 g/mol. The lowest BCUT2D eigenvalue weighted by molar-refractivity contribution is -0.395. The van der Waals surface area contributed by atoms with E-state index in [1.807, 2.05) is 5.32 Å². The first-order chi connectivity index (χ1) is 11.5. The maximum Gasteiger partial charge on any atom is 0.434 e. The predicted octanol–water partition coefficient (Wildman–Crippen LogP) is 3.54. The van der Waals surface area contributed by atoms with E-state index in [2.05, 4.69) is 4.98 Å². The summed E-state index contributed by atoms with van der Waals surface area (Å²) < 4.78 is 37.4. The van der Waals surface area contributed by atoms with Crippen LogP contribution >= 0.6 is 11.3 Å². The number of benzene rings is 1. The molecule has 1 aromatic heterocycles. The first kappa shape index (κ1) is 18.3. The molecule has 0 saturated carbocycles. The van der Waals surface area contributed by atoms with Crippen LogP contribution in [0, 0.1) is 27.2 Å². The molecule has 1 N–H and O–H groups in total. The number of nitro benzene ring substituents is 2. The standard InChI is InChI=1S/C12H7F3N4O5S/c1-5-7(18(21)22)2-6(3-8(5)19(23)24)10(20)17-11-16-9(4-25-11)12(13,14)15/h2-4H,1H3,(H,16,17,20). The van der Waals surface area contributed by atoms with Crippen molar-refractivity contribution in [2.24, 2.45) is 0 Å². The minimum absolute atomic E-state index is 0.250. The van der Waals surface area contributed by atoms with Crippen LogP contribution in [0.15, 0.2) is 17.5 Å². The number of nitrogens with zero attached hydrogens (tertiary/aromatic N) is 3. The van der Waals surface area contributed by atoms with Crippen LogP contribution in [0.4, 0.5) is 29.7 Å². The van der Waals surface area contributed by atoms with E-state index < -0.39 is 49.7 Å². The number of nitrogens with one attached hydrogen (secondary N) is 1. The fourth-order valence-corrected chi connectivity index (χ4v) is 2.54. The van der Waals surface area contributed by atoms with Crippen molar-refractivity contribution in [1.29, 1.82) is 0 Å². The number of anilines is 1. The number of aromatic nitrogens is 1. The summed E-state index contributed by atoms with van der Waals surface area (Å²) in [7, 11) is 0. The van der Waals surface area contributed by atoms with Gasteiger partial charge in [0.25, 0.3) is 17.3 Å². The van der Waals surface area contributed by atoms with Gasteiger partial charge in [0.1, 0.15) is 5.56 Å². The van der Waals surface area contributed by atoms with Gasteiger partial charge in [-0.15, -0.1) is 11.3 Å². The van der Waals surface area contributed by atoms with Crippen LogP contribution in [0.3, 0.4) is 0 Å². The van der Waals surface area contributed by atoms with Crippen LogP contribution in [-0.2, 0) is 6.18 Å². The molecule has 0 atom stereocenters. The third kappa shape index (κ3) is 3.88. The van der Waals surface area contributed by atoms with Crippen LogP contribution in [0.2, 0.25) is 0 Å². The number of thiazole rings is 1. The molecule has 0 radical (unpaired) electrons. The Morgan fingerprint density at radius 3 is 2.12 bits per heavy atom. The van der Waals surface area contributed by atoms with Crippen molar-refractivity contribution in [3.8, 4) is 0 Å². The lowest BCUT2D eigenvalue weighted by Gasteiger charge is -2.05. The molecule has 132 valence electrons. The summed E-state index contributed by atoms with van der Waals surface area (Å²) in [6.45, 7) is 1.15. The Morgan fingerprint density at radius 2 is 1.72 bits per heavy atom. The zero-order valence-electron chi connectivity index (χ0n) is 12.2. The van der Waals surface area contributed by atoms with Gasteiger partial charge < -0.3 is 0 Å². The Kier molecular flexibility index (Phi) is 4.69. The van der Waals surface area contributed by atoms with Crippen molar-refractivity contribution < 1.29 is 27.8 Å². The lowest BCUT2D eigenvalue weighted by Crippen LogP contribution is -2.14. The minimum Gasteiger partial charge on any atom is -0.298 e. The molecule has 9 nitrogen and oxygen atoms in total. The molecular formula is C12H7F3N4O5S. The summed E-state index contributed by atoms with van der Waals surface area (Å²) in [5.41, 5.74) is -3.23. The summed E-state index contributed by atoms with van der Waals surface area (Å²) in [4.78, 5) is 35.4. The van der Waals surface area contributed by atoms with Gasteiger partial charge in [-0.2, -0.15) is 13.2 Å². The molecule has 0 aliphatic carbocycles. The first-order valence-electron chi connectivity index (χ1n) is 6.28. The second-order valence-electron chi connectivity index (χ2n) is 4.64. The second-order valence-corrected chi connectivity index (χ2v) is 5.50. The van der Waals surface area contributed by atoms with Crippen LogP contribution in [-0.4, -0.2) is 20.7 Å². The molecule has 2 rings (SSSR count). The Hall–Kier alpha value is -3.09. The van der Waals surface area contributed by atoms with Crippen LogP contribution in [0.25, 0.3) is 0 Å². The molecule has 0 unspecified atom stereocenters. The van der Waals surface area contributed by atoms with E-state index in [0.717, 1.165) is 19.1 Å². The normalized spacial score (nSPS) is 11.2. The van der Waals surface area contributed by atoms with E-state index in [0.29, 0.717) is 16.7 Å². The van der Waals surface area contributed by atoms with E-state index in [-0.39, 0.29) is 5.56 Å². The molecular weight excluding hydrogens is 369 g/mol. The minimum atomic E-state index is -4.69. The zero-order chi connectivity index (χ0) is 18.9. The molecule has 0 aliphatic heterocycles. The third-order valence-electron chi connectivity index (χ3n) is 3.02. The molecule has 0 spiro atoms. The summed E-state index contributed by atoms with van der Waals surface area (Å²) in [5.74, 6) is -1.06. The van der Waals surface area contributed by atoms with E-state index >= 15 is 0 Å². The maximum absolute atomic E-state index is 12.5. The molecule has 0 fully saturated rings. The van der Waals surface area contributed by atoms with E-state index in [1.165, 1.54) is 0 Å². The number of halogens is 3. The molecule has 0 saturated heterocycles. The summed E-state index contributed by atoms with van der Waals surface area (Å²) in [5, 5.41) is 24.2. The van der Waals surface area contributed by atoms with Gasteiger partial charge in [-0.1, -0.05) is 0 Å². The summed E-state index contributed by atoms with van der Waals surface area (Å²) in [6.07, 6.45) is -4.69. The third-order valence-corrected chi connectivity index (χ3v) is 3.78. The lowest BCUT2D eigenvalue weighted by atomic mass is 10.1. The number of nitro groups is 2. The van der Waals surface area contributed by atoms with Crippen molar-refractivity contribution in [2.75, 3.05) is 5.32 Å². The first-order valence-corrected chi connectivity index (χ1v) is 7.16. The predicted molar refractivity (Wildman–Crippen MR) is 79.6 cm³/mol. The monoisotopic (exact) mass is 376 g/mol. The number of rotatable bonds is 4. The van der Waals surface area contributed by atoms with Gasteiger partial charge in [0.15, 0.2) is 10.8 Å². The summed E-state index contributed by atoms with van der Waals surface area (Å²) >= 11 is 0.493. The zero-order valence-corrected chi connectivity index (χ0v) is 13.0. The highest BCUT2D eigenvalue weighted by Gasteiger charge is 2.34. The highest BCUT2D eigenvalue weighted by molar-refractivity contribution is 7.14. The Morgan fingerprint density at radius 1 is 1.20 bits per heavy atom. The second kappa shape index (κ2) is 6.43. The number of alkyl halides is 3. The van der Waals surface area contributed by atoms with Crippen LogP contribution in [0.1, 0.15) is 21.6 Å². The molecule has 0 aliphatic rings. The number of hydrogen-bond acceptors (Lipinski definition) is 7. The van der Waals surface area contributed by atoms with Gasteiger partial charge in [0.2, 0.25) is 0 Å². The number of hydrogen-bond donors (Lipinski definition) is 1. The molecule has 1 amide bonds. The van der Waals surface area contributed by atoms with Crippen LogP contribution in [0.5, 0.6) is 0 Å². The Bertz CT molecular complexity index is 845. The van der Waals surface area contributed by atoms with E-state index in [1.54, 1.807) is 0 Å². The number of carbonyl (C=O) groups is 1. The Labute approximate surface area is 140 Å². The highest BCUT2D eigenvalue weighted by atomic mass is 32.1. The fraction of sp³-hybridized carbons (Fsp3) is 0.167. The van der Waals surface area contributed by atoms with Gasteiger partial charge in [0.05, 0.1) is 15.4 Å². The SMILES string of the molecule is Cc1c([N+](=O)[O-])cc(C(=O)Nc2nc(C(F)(F)F)cs2)cc1[N+](=O)[O-]. The molecule has 1 heterocycles. The Balaban J connectivity index is 2.37. The molecule has 0 bridgehead atoms. The molecule has 1 aromatic carbocycles. The highest BCUT2D eigenvalue weighted by Crippen LogP contribution is 2.33. The van der Waals surface area contributed by atoms with Crippen molar-refractivity contribution in [3.05, 3.63) is 54.6 Å². The van der Waals surface area contributed by atoms with Gasteiger partial charge in [-0.3, -0.25) is 30.3 Å². The quantitative estimate of drug-likeness (QED) is 0.642. The largest absolute Gasteiger partial charge is 0.434 e. The molecule has 13 heteroatoms. The maximum atomic E-state index is 12.5. The van der Waals surface area contributed by atoms with Crippen molar-refractivity contribution >= 4 is 33.8 Å². The average Bonchev–Trinajstić information content (AvgIpc) is 2.95. The van der Waals surface area contributed by atoms with Crippen molar-refractivity contribution in [3.63, 3.8) is 0 Å². The van der Waals surface area contributed by atoms with Crippen molar-refractivity contribution in [1.82, 2.24) is 4.98 Å². The fourth-order valence-electron chi connectivity index (χ4n) is 1.82. The van der Waals surface area contributed by atoms with Gasteiger partial charge in [0, 0.05) is 17.5 Å². The smallest absolute Gasteiger partial charge is 0.298 e. The van der Waals surface area contributed by atoms with E-state index in [4.69, 9.17) is 0 Å². The van der Waals surface area contributed by atoms with Crippen molar-refractivity contribution in [2.45, 2.75) is 13.1 Å². The van der Waals surface area contributed by atoms with Crippen LogP contribution < -0.4 is 5.32 Å². The summed E-state index contributed by atoms with van der Waals surface area (Å²) in [6, 6.07) is 1.60. The topological polar surface area (TPSA) is 128 Å². The molecule has 25 heavy (non-hydrogen) atoms. The number of carbonyl (C=O) groups excluding carboxylic acids is 1. The molecule has 2 aromatic rings.